The zero-order valence-corrected chi connectivity index (χ0v) is 12.5. The van der Waals surface area contributed by atoms with Crippen LogP contribution in [0.15, 0.2) is 0 Å². The number of hydrogen-bond donors (Lipinski definition) is 0. The van der Waals surface area contributed by atoms with Gasteiger partial charge in [-0.25, -0.2) is 0 Å². The van der Waals surface area contributed by atoms with E-state index in [4.69, 9.17) is 9.05 Å². The lowest BCUT2D eigenvalue weighted by Crippen LogP contribution is -2.40. The molecule has 0 aromatic heterocycles. The molecular formula is C11H26NO3P. The van der Waals surface area contributed by atoms with Crippen LogP contribution in [-0.4, -0.2) is 38.0 Å². The maximum atomic E-state index is 12.7. The fourth-order valence-electron chi connectivity index (χ4n) is 2.07. The maximum Gasteiger partial charge on any atom is 0.348 e. The van der Waals surface area contributed by atoms with Crippen LogP contribution in [0.25, 0.3) is 0 Å². The van der Waals surface area contributed by atoms with Crippen molar-refractivity contribution in [1.82, 2.24) is 4.90 Å². The minimum absolute atomic E-state index is 0.163. The van der Waals surface area contributed by atoms with Gasteiger partial charge in [-0.3, -0.25) is 9.46 Å². The molecule has 0 aliphatic carbocycles. The summed E-state index contributed by atoms with van der Waals surface area (Å²) in [6.07, 6.45) is 0. The van der Waals surface area contributed by atoms with Crippen molar-refractivity contribution in [3.8, 4) is 0 Å². The van der Waals surface area contributed by atoms with Crippen molar-refractivity contribution in [3.05, 3.63) is 0 Å². The molecule has 0 aliphatic rings. The quantitative estimate of drug-likeness (QED) is 0.680. The van der Waals surface area contributed by atoms with E-state index in [1.807, 2.05) is 53.6 Å². The molecule has 5 heteroatoms. The molecule has 0 N–H and O–H groups in total. The van der Waals surface area contributed by atoms with E-state index < -0.39 is 7.60 Å². The van der Waals surface area contributed by atoms with E-state index in [1.54, 1.807) is 0 Å². The zero-order chi connectivity index (χ0) is 13.0. The first-order valence-corrected chi connectivity index (χ1v) is 7.35. The van der Waals surface area contributed by atoms with Gasteiger partial charge in [-0.15, -0.1) is 0 Å². The Kier molecular flexibility index (Phi) is 6.20. The van der Waals surface area contributed by atoms with Gasteiger partial charge in [0, 0.05) is 0 Å². The minimum Gasteiger partial charge on any atom is -0.308 e. The Hall–Kier alpha value is 0.110. The van der Waals surface area contributed by atoms with Crippen molar-refractivity contribution < 1.29 is 13.6 Å². The third-order valence-corrected chi connectivity index (χ3v) is 5.25. The second kappa shape index (κ2) is 6.15. The molecular weight excluding hydrogens is 225 g/mol. The number of rotatable bonds is 6. The van der Waals surface area contributed by atoms with Crippen LogP contribution < -0.4 is 0 Å². The van der Waals surface area contributed by atoms with Gasteiger partial charge in [-0.2, -0.15) is 0 Å². The molecule has 1 unspecified atom stereocenters. The topological polar surface area (TPSA) is 38.8 Å². The van der Waals surface area contributed by atoms with E-state index in [9.17, 15) is 4.57 Å². The van der Waals surface area contributed by atoms with Crippen LogP contribution in [-0.2, 0) is 13.6 Å². The van der Waals surface area contributed by atoms with E-state index in [1.165, 1.54) is 0 Å². The summed E-state index contributed by atoms with van der Waals surface area (Å²) in [5.74, 6) is -0.236. The number of hydrogen-bond acceptors (Lipinski definition) is 4. The van der Waals surface area contributed by atoms with Crippen LogP contribution in [0.3, 0.4) is 0 Å². The van der Waals surface area contributed by atoms with Gasteiger partial charge in [0.2, 0.25) is 0 Å². The first-order chi connectivity index (χ1) is 7.19. The van der Waals surface area contributed by atoms with Crippen molar-refractivity contribution in [1.29, 1.82) is 0 Å². The van der Waals surface area contributed by atoms with Crippen LogP contribution in [0, 0.1) is 5.41 Å². The first-order valence-electron chi connectivity index (χ1n) is 5.74. The monoisotopic (exact) mass is 251 g/mol. The van der Waals surface area contributed by atoms with Gasteiger partial charge in [-0.05, 0) is 33.4 Å². The van der Waals surface area contributed by atoms with Gasteiger partial charge in [0.05, 0.1) is 13.2 Å². The molecule has 16 heavy (non-hydrogen) atoms. The molecule has 0 saturated carbocycles. The highest BCUT2D eigenvalue weighted by Gasteiger charge is 2.44. The summed E-state index contributed by atoms with van der Waals surface area (Å²) in [4.78, 5) is 1.92. The van der Waals surface area contributed by atoms with Crippen molar-refractivity contribution in [2.75, 3.05) is 27.3 Å². The maximum absolute atomic E-state index is 12.7. The number of nitrogens with zero attached hydrogens (tertiary/aromatic N) is 1. The van der Waals surface area contributed by atoms with Gasteiger partial charge < -0.3 is 9.05 Å². The Morgan fingerprint density at radius 1 is 1.12 bits per heavy atom. The lowest BCUT2D eigenvalue weighted by molar-refractivity contribution is 0.139. The Labute approximate surface area is 99.8 Å². The van der Waals surface area contributed by atoms with Crippen LogP contribution in [0.1, 0.15) is 34.6 Å². The third kappa shape index (κ3) is 4.17. The summed E-state index contributed by atoms with van der Waals surface area (Å²) in [6, 6.07) is 0. The average Bonchev–Trinajstić information content (AvgIpc) is 1.99. The predicted molar refractivity (Wildman–Crippen MR) is 67.8 cm³/mol. The van der Waals surface area contributed by atoms with Gasteiger partial charge >= 0.3 is 7.60 Å². The molecule has 1 atom stereocenters. The molecule has 0 spiro atoms. The molecule has 4 nitrogen and oxygen atoms in total. The molecule has 0 radical (unpaired) electrons. The molecule has 98 valence electrons. The van der Waals surface area contributed by atoms with Crippen molar-refractivity contribution in [2.24, 2.45) is 5.41 Å². The van der Waals surface area contributed by atoms with Gasteiger partial charge in [0.25, 0.3) is 0 Å². The van der Waals surface area contributed by atoms with E-state index in [-0.39, 0.29) is 11.2 Å². The van der Waals surface area contributed by atoms with Gasteiger partial charge in [0.15, 0.2) is 0 Å². The average molecular weight is 251 g/mol. The van der Waals surface area contributed by atoms with E-state index in [0.29, 0.717) is 13.2 Å². The lowest BCUT2D eigenvalue weighted by Gasteiger charge is -2.39. The molecule has 0 aromatic carbocycles. The predicted octanol–water partition coefficient (Wildman–Crippen LogP) is 3.19. The fourth-order valence-corrected chi connectivity index (χ4v) is 4.66. The zero-order valence-electron chi connectivity index (χ0n) is 11.6. The molecule has 0 saturated heterocycles. The lowest BCUT2D eigenvalue weighted by atomic mass is 9.96. The smallest absolute Gasteiger partial charge is 0.308 e. The van der Waals surface area contributed by atoms with Crippen LogP contribution >= 0.6 is 7.60 Å². The normalized spacial score (nSPS) is 15.5. The summed E-state index contributed by atoms with van der Waals surface area (Å²) < 4.78 is 23.5. The SMILES string of the molecule is CCOP(=O)(OCC)C(N(C)C)C(C)(C)C. The van der Waals surface area contributed by atoms with E-state index in [0.717, 1.165) is 0 Å². The molecule has 0 fully saturated rings. The van der Waals surface area contributed by atoms with E-state index >= 15 is 0 Å². The van der Waals surface area contributed by atoms with Crippen molar-refractivity contribution in [2.45, 2.75) is 40.4 Å². The summed E-state index contributed by atoms with van der Waals surface area (Å²) in [6.45, 7) is 10.6. The van der Waals surface area contributed by atoms with Crippen LogP contribution in [0.4, 0.5) is 0 Å². The highest BCUT2D eigenvalue weighted by molar-refractivity contribution is 7.54. The molecule has 0 amide bonds. The summed E-state index contributed by atoms with van der Waals surface area (Å²) in [7, 11) is 0.726. The van der Waals surface area contributed by atoms with Crippen LogP contribution in [0.2, 0.25) is 0 Å². The second-order valence-electron chi connectivity index (χ2n) is 5.08. The molecule has 0 aliphatic heterocycles. The Morgan fingerprint density at radius 2 is 1.50 bits per heavy atom. The minimum atomic E-state index is -3.08. The molecule has 0 aromatic rings. The van der Waals surface area contributed by atoms with Crippen molar-refractivity contribution in [3.63, 3.8) is 0 Å². The largest absolute Gasteiger partial charge is 0.348 e. The molecule has 0 heterocycles. The fraction of sp³-hybridized carbons (Fsp3) is 1.00. The first kappa shape index (κ1) is 16.1. The summed E-state index contributed by atoms with van der Waals surface area (Å²) in [5, 5.41) is 0. The highest BCUT2D eigenvalue weighted by atomic mass is 31.2. The Bertz CT molecular complexity index is 238. The Balaban J connectivity index is 5.19. The van der Waals surface area contributed by atoms with Crippen molar-refractivity contribution >= 4 is 7.60 Å². The third-order valence-electron chi connectivity index (χ3n) is 2.18. The summed E-state index contributed by atoms with van der Waals surface area (Å²) >= 11 is 0. The standard InChI is InChI=1S/C11H26NO3P/c1-8-14-16(13,15-9-2)10(12(6)7)11(3,4)5/h10H,8-9H2,1-7H3. The molecule has 0 rings (SSSR count). The van der Waals surface area contributed by atoms with Crippen LogP contribution in [0.5, 0.6) is 0 Å². The van der Waals surface area contributed by atoms with Gasteiger partial charge in [0.1, 0.15) is 5.78 Å². The van der Waals surface area contributed by atoms with Gasteiger partial charge in [-0.1, -0.05) is 20.8 Å². The van der Waals surface area contributed by atoms with E-state index in [2.05, 4.69) is 0 Å². The Morgan fingerprint density at radius 3 is 1.69 bits per heavy atom. The second-order valence-corrected chi connectivity index (χ2v) is 7.16. The summed E-state index contributed by atoms with van der Waals surface area (Å²) in [5.41, 5.74) is -0.163. The molecule has 0 bridgehead atoms. The highest BCUT2D eigenvalue weighted by Crippen LogP contribution is 2.58.